The van der Waals surface area contributed by atoms with E-state index in [-0.39, 0.29) is 12.0 Å². The van der Waals surface area contributed by atoms with Gasteiger partial charge in [0, 0.05) is 43.3 Å². The van der Waals surface area contributed by atoms with Gasteiger partial charge < -0.3 is 14.4 Å². The van der Waals surface area contributed by atoms with E-state index in [4.69, 9.17) is 9.47 Å². The summed E-state index contributed by atoms with van der Waals surface area (Å²) in [7, 11) is 1.66. The fourth-order valence-corrected chi connectivity index (χ4v) is 5.35. The Morgan fingerprint density at radius 1 is 1.19 bits per heavy atom. The van der Waals surface area contributed by atoms with Gasteiger partial charge in [-0.2, -0.15) is 0 Å². The first-order valence-electron chi connectivity index (χ1n) is 10.7. The molecule has 1 aromatic heterocycles. The molecular formula is C24H28N2O3S2. The van der Waals surface area contributed by atoms with E-state index >= 15 is 0 Å². The van der Waals surface area contributed by atoms with Gasteiger partial charge >= 0.3 is 0 Å². The summed E-state index contributed by atoms with van der Waals surface area (Å²) in [5.74, 6) is 2.03. The number of carbonyl (C=O) groups excluding carboxylic acids is 1. The van der Waals surface area contributed by atoms with Crippen LogP contribution in [0.1, 0.15) is 31.2 Å². The third-order valence-corrected chi connectivity index (χ3v) is 7.49. The molecule has 164 valence electrons. The molecule has 2 heterocycles. The minimum atomic E-state index is 0.114. The van der Waals surface area contributed by atoms with E-state index in [1.54, 1.807) is 18.4 Å². The SMILES string of the molecule is COc1ccc2sc(OC3CCN(C(=O)CCCSc4ccc(C)cc4)CC3)nc2c1. The third-order valence-electron chi connectivity index (χ3n) is 5.46. The molecule has 2 aromatic carbocycles. The quantitative estimate of drug-likeness (QED) is 0.328. The number of hydrogen-bond donors (Lipinski definition) is 0. The average molecular weight is 457 g/mol. The normalized spacial score (nSPS) is 14.7. The van der Waals surface area contributed by atoms with Crippen molar-refractivity contribution in [1.29, 1.82) is 0 Å². The number of thiazole rings is 1. The number of aryl methyl sites for hydroxylation is 1. The molecule has 5 nitrogen and oxygen atoms in total. The van der Waals surface area contributed by atoms with Crippen LogP contribution in [0.3, 0.4) is 0 Å². The van der Waals surface area contributed by atoms with Crippen LogP contribution < -0.4 is 9.47 Å². The number of rotatable bonds is 8. The molecule has 0 unspecified atom stereocenters. The van der Waals surface area contributed by atoms with Gasteiger partial charge in [0.05, 0.1) is 17.3 Å². The molecule has 3 aromatic rings. The minimum absolute atomic E-state index is 0.114. The fraction of sp³-hybridized carbons (Fsp3) is 0.417. The molecule has 0 aliphatic carbocycles. The number of ether oxygens (including phenoxy) is 2. The Morgan fingerprint density at radius 2 is 1.97 bits per heavy atom. The van der Waals surface area contributed by atoms with Gasteiger partial charge in [0.2, 0.25) is 5.91 Å². The Morgan fingerprint density at radius 3 is 2.71 bits per heavy atom. The lowest BCUT2D eigenvalue weighted by Gasteiger charge is -2.31. The summed E-state index contributed by atoms with van der Waals surface area (Å²) in [4.78, 5) is 20.4. The summed E-state index contributed by atoms with van der Waals surface area (Å²) in [5.41, 5.74) is 2.17. The van der Waals surface area contributed by atoms with Gasteiger partial charge in [-0.25, -0.2) is 4.98 Å². The lowest BCUT2D eigenvalue weighted by Crippen LogP contribution is -2.41. The molecule has 1 aliphatic heterocycles. The number of hydrogen-bond acceptors (Lipinski definition) is 6. The first-order chi connectivity index (χ1) is 15.1. The number of piperidine rings is 1. The number of thioether (sulfide) groups is 1. The summed E-state index contributed by atoms with van der Waals surface area (Å²) in [6, 6.07) is 14.4. The molecular weight excluding hydrogens is 428 g/mol. The summed E-state index contributed by atoms with van der Waals surface area (Å²) in [6.07, 6.45) is 3.34. The molecule has 0 radical (unpaired) electrons. The van der Waals surface area contributed by atoms with Crippen LogP contribution in [0.2, 0.25) is 0 Å². The number of benzene rings is 2. The number of carbonyl (C=O) groups is 1. The van der Waals surface area contributed by atoms with Crippen LogP contribution in [-0.2, 0) is 4.79 Å². The summed E-state index contributed by atoms with van der Waals surface area (Å²) < 4.78 is 12.5. The standard InChI is InChI=1S/C24H28N2O3S2/c1-17-5-8-20(9-6-17)30-15-3-4-23(27)26-13-11-18(12-14-26)29-24-25-21-16-19(28-2)7-10-22(21)31-24/h5-10,16,18H,3-4,11-15H2,1-2H3. The molecule has 4 rings (SSSR count). The highest BCUT2D eigenvalue weighted by Gasteiger charge is 2.24. The van der Waals surface area contributed by atoms with Crippen LogP contribution in [0.15, 0.2) is 47.4 Å². The van der Waals surface area contributed by atoms with Gasteiger partial charge in [0.25, 0.3) is 5.19 Å². The van der Waals surface area contributed by atoms with Crippen LogP contribution in [0.25, 0.3) is 10.2 Å². The molecule has 1 aliphatic rings. The number of likely N-dealkylation sites (tertiary alicyclic amines) is 1. The van der Waals surface area contributed by atoms with Gasteiger partial charge in [0.1, 0.15) is 11.9 Å². The fourth-order valence-electron chi connectivity index (χ4n) is 3.64. The van der Waals surface area contributed by atoms with Crippen molar-refractivity contribution < 1.29 is 14.3 Å². The number of aromatic nitrogens is 1. The second kappa shape index (κ2) is 10.4. The second-order valence-electron chi connectivity index (χ2n) is 7.78. The number of methoxy groups -OCH3 is 1. The van der Waals surface area contributed by atoms with E-state index in [1.165, 1.54) is 10.5 Å². The summed E-state index contributed by atoms with van der Waals surface area (Å²) in [6.45, 7) is 3.61. The van der Waals surface area contributed by atoms with Gasteiger partial charge in [-0.3, -0.25) is 4.79 Å². The monoisotopic (exact) mass is 456 g/mol. The highest BCUT2D eigenvalue weighted by atomic mass is 32.2. The molecule has 31 heavy (non-hydrogen) atoms. The van der Waals surface area contributed by atoms with Crippen molar-refractivity contribution in [2.24, 2.45) is 0 Å². The first-order valence-corrected chi connectivity index (χ1v) is 12.5. The zero-order chi connectivity index (χ0) is 21.6. The maximum Gasteiger partial charge on any atom is 0.274 e. The van der Waals surface area contributed by atoms with Crippen molar-refractivity contribution in [3.05, 3.63) is 48.0 Å². The van der Waals surface area contributed by atoms with Crippen molar-refractivity contribution in [3.63, 3.8) is 0 Å². The molecule has 7 heteroatoms. The van der Waals surface area contributed by atoms with E-state index in [0.29, 0.717) is 11.6 Å². The lowest BCUT2D eigenvalue weighted by atomic mass is 10.1. The van der Waals surface area contributed by atoms with E-state index in [0.717, 1.165) is 54.1 Å². The van der Waals surface area contributed by atoms with Crippen LogP contribution in [0.5, 0.6) is 10.9 Å². The Kier molecular flexibility index (Phi) is 7.35. The molecule has 0 spiro atoms. The maximum absolute atomic E-state index is 12.6. The predicted molar refractivity (Wildman–Crippen MR) is 128 cm³/mol. The van der Waals surface area contributed by atoms with Crippen LogP contribution in [-0.4, -0.2) is 47.8 Å². The van der Waals surface area contributed by atoms with Crippen LogP contribution in [0.4, 0.5) is 0 Å². The zero-order valence-electron chi connectivity index (χ0n) is 18.0. The average Bonchev–Trinajstić information content (AvgIpc) is 3.19. The lowest BCUT2D eigenvalue weighted by molar-refractivity contribution is -0.133. The molecule has 1 saturated heterocycles. The molecule has 0 bridgehead atoms. The van der Waals surface area contributed by atoms with E-state index in [2.05, 4.69) is 36.2 Å². The Labute approximate surface area is 191 Å². The van der Waals surface area contributed by atoms with Crippen molar-refractivity contribution in [2.45, 2.75) is 43.6 Å². The molecule has 0 saturated carbocycles. The molecule has 1 fully saturated rings. The second-order valence-corrected chi connectivity index (χ2v) is 9.94. The van der Waals surface area contributed by atoms with E-state index in [1.807, 2.05) is 34.9 Å². The van der Waals surface area contributed by atoms with Gasteiger partial charge in [-0.05, 0) is 43.4 Å². The van der Waals surface area contributed by atoms with Crippen molar-refractivity contribution in [2.75, 3.05) is 26.0 Å². The summed E-state index contributed by atoms with van der Waals surface area (Å²) in [5, 5.41) is 0.696. The Bertz CT molecular complexity index is 1010. The molecule has 0 atom stereocenters. The van der Waals surface area contributed by atoms with Gasteiger partial charge in [0.15, 0.2) is 0 Å². The van der Waals surface area contributed by atoms with Crippen LogP contribution in [0, 0.1) is 6.92 Å². The largest absolute Gasteiger partial charge is 0.497 e. The number of fused-ring (bicyclic) bond motifs is 1. The van der Waals surface area contributed by atoms with Crippen molar-refractivity contribution in [3.8, 4) is 10.9 Å². The first kappa shape index (κ1) is 22.0. The minimum Gasteiger partial charge on any atom is -0.497 e. The van der Waals surface area contributed by atoms with E-state index in [9.17, 15) is 4.79 Å². The topological polar surface area (TPSA) is 51.7 Å². The number of amides is 1. The van der Waals surface area contributed by atoms with Gasteiger partial charge in [-0.15, -0.1) is 11.8 Å². The number of nitrogens with zero attached hydrogens (tertiary/aromatic N) is 2. The zero-order valence-corrected chi connectivity index (χ0v) is 19.6. The highest BCUT2D eigenvalue weighted by Crippen LogP contribution is 2.32. The van der Waals surface area contributed by atoms with Crippen LogP contribution >= 0.6 is 23.1 Å². The maximum atomic E-state index is 12.6. The molecule has 0 N–H and O–H groups in total. The molecule has 1 amide bonds. The Hall–Kier alpha value is -2.25. The predicted octanol–water partition coefficient (Wildman–Crippen LogP) is 5.56. The van der Waals surface area contributed by atoms with E-state index < -0.39 is 0 Å². The highest BCUT2D eigenvalue weighted by molar-refractivity contribution is 7.99. The third kappa shape index (κ3) is 5.92. The van der Waals surface area contributed by atoms with Crippen molar-refractivity contribution >= 4 is 39.2 Å². The smallest absolute Gasteiger partial charge is 0.274 e. The Balaban J connectivity index is 1.18. The summed E-state index contributed by atoms with van der Waals surface area (Å²) >= 11 is 3.38. The van der Waals surface area contributed by atoms with Gasteiger partial charge in [-0.1, -0.05) is 29.0 Å². The van der Waals surface area contributed by atoms with Crippen molar-refractivity contribution in [1.82, 2.24) is 9.88 Å².